The van der Waals surface area contributed by atoms with Crippen LogP contribution in [-0.4, -0.2) is 79.1 Å². The third-order valence-corrected chi connectivity index (χ3v) is 5.62. The predicted octanol–water partition coefficient (Wildman–Crippen LogP) is -0.425. The van der Waals surface area contributed by atoms with Gasteiger partial charge in [0.2, 0.25) is 0 Å². The Bertz CT molecular complexity index is 785. The van der Waals surface area contributed by atoms with Crippen molar-refractivity contribution in [3.63, 3.8) is 0 Å². The number of rotatable bonds is 4. The Balaban J connectivity index is 1.90. The van der Waals surface area contributed by atoms with Crippen molar-refractivity contribution in [2.75, 3.05) is 26.0 Å². The number of hydrogen-bond donors (Lipinski definition) is 1. The second kappa shape index (κ2) is 6.60. The average Bonchev–Trinajstić information content (AvgIpc) is 2.95. The molecule has 10 heteroatoms. The first-order valence-electron chi connectivity index (χ1n) is 7.84. The highest BCUT2D eigenvalue weighted by Crippen LogP contribution is 2.27. The monoisotopic (exact) mass is 369 g/mol. The lowest BCUT2D eigenvalue weighted by molar-refractivity contribution is -0.139. The van der Waals surface area contributed by atoms with Gasteiger partial charge >= 0.3 is 5.97 Å². The van der Waals surface area contributed by atoms with Gasteiger partial charge in [0.05, 0.1) is 23.9 Å². The van der Waals surface area contributed by atoms with Crippen LogP contribution in [0.5, 0.6) is 0 Å². The van der Waals surface area contributed by atoms with E-state index >= 15 is 0 Å². The van der Waals surface area contributed by atoms with Crippen molar-refractivity contribution in [3.8, 4) is 0 Å². The standard InChI is InChI=1S/C15H19N3O6S/c1-24-11-7-10(8-13(19)20)18(9-11)15(21)12-3-2-4-17-5-6-25(22,23)16-14(12)17/h2-4,10-11H,5-9H2,1H3,(H,19,20). The Hall–Kier alpha value is -2.20. The van der Waals surface area contributed by atoms with Gasteiger partial charge in [-0.15, -0.1) is 4.40 Å². The van der Waals surface area contributed by atoms with E-state index in [0.29, 0.717) is 6.42 Å². The first-order chi connectivity index (χ1) is 11.8. The number of nitrogens with zero attached hydrogens (tertiary/aromatic N) is 3. The van der Waals surface area contributed by atoms with Crippen molar-refractivity contribution >= 4 is 27.7 Å². The van der Waals surface area contributed by atoms with E-state index in [1.807, 2.05) is 0 Å². The Kier molecular flexibility index (Phi) is 4.65. The van der Waals surface area contributed by atoms with E-state index in [9.17, 15) is 18.0 Å². The molecule has 1 amide bonds. The Morgan fingerprint density at radius 2 is 2.20 bits per heavy atom. The van der Waals surface area contributed by atoms with Crippen molar-refractivity contribution < 1.29 is 27.9 Å². The third kappa shape index (κ3) is 3.59. The van der Waals surface area contributed by atoms with Gasteiger partial charge in [-0.05, 0) is 18.6 Å². The molecule has 2 atom stereocenters. The zero-order valence-corrected chi connectivity index (χ0v) is 14.5. The number of amidine groups is 1. The molecule has 1 fully saturated rings. The van der Waals surface area contributed by atoms with E-state index in [1.165, 1.54) is 18.1 Å². The number of amides is 1. The van der Waals surface area contributed by atoms with Crippen molar-refractivity contribution in [2.45, 2.75) is 25.0 Å². The minimum absolute atomic E-state index is 0.0914. The van der Waals surface area contributed by atoms with Crippen LogP contribution in [0.4, 0.5) is 0 Å². The molecule has 0 radical (unpaired) electrons. The number of likely N-dealkylation sites (tertiary alicyclic amines) is 1. The van der Waals surface area contributed by atoms with Crippen LogP contribution in [0.1, 0.15) is 12.8 Å². The number of ether oxygens (including phenoxy) is 1. The van der Waals surface area contributed by atoms with Crippen LogP contribution in [0, 0.1) is 0 Å². The molecule has 0 aromatic rings. The molecular weight excluding hydrogens is 350 g/mol. The Labute approximate surface area is 145 Å². The lowest BCUT2D eigenvalue weighted by atomic mass is 10.1. The highest BCUT2D eigenvalue weighted by molar-refractivity contribution is 7.90. The van der Waals surface area contributed by atoms with Crippen LogP contribution in [0.3, 0.4) is 0 Å². The number of fused-ring (bicyclic) bond motifs is 1. The van der Waals surface area contributed by atoms with E-state index in [2.05, 4.69) is 4.40 Å². The van der Waals surface area contributed by atoms with Gasteiger partial charge in [-0.2, -0.15) is 0 Å². The third-order valence-electron chi connectivity index (χ3n) is 4.47. The van der Waals surface area contributed by atoms with Gasteiger partial charge in [-0.3, -0.25) is 9.59 Å². The highest BCUT2D eigenvalue weighted by atomic mass is 32.2. The summed E-state index contributed by atoms with van der Waals surface area (Å²) in [6.45, 7) is 0.482. The van der Waals surface area contributed by atoms with Crippen LogP contribution >= 0.6 is 0 Å². The van der Waals surface area contributed by atoms with Gasteiger partial charge in [0, 0.05) is 32.4 Å². The maximum absolute atomic E-state index is 13.0. The minimum atomic E-state index is -3.61. The first-order valence-corrected chi connectivity index (χ1v) is 9.45. The minimum Gasteiger partial charge on any atom is -0.481 e. The normalized spacial score (nSPS) is 27.6. The largest absolute Gasteiger partial charge is 0.481 e. The van der Waals surface area contributed by atoms with Gasteiger partial charge in [0.1, 0.15) is 0 Å². The summed E-state index contributed by atoms with van der Waals surface area (Å²) in [5.74, 6) is -1.46. The smallest absolute Gasteiger partial charge is 0.305 e. The number of hydrogen-bond acceptors (Lipinski definition) is 6. The zero-order valence-electron chi connectivity index (χ0n) is 13.7. The van der Waals surface area contributed by atoms with Crippen molar-refractivity contribution in [2.24, 2.45) is 4.40 Å². The van der Waals surface area contributed by atoms with Crippen LogP contribution in [0.2, 0.25) is 0 Å². The molecule has 9 nitrogen and oxygen atoms in total. The number of carboxylic acid groups (broad SMARTS) is 1. The summed E-state index contributed by atoms with van der Waals surface area (Å²) in [7, 11) is -2.10. The fraction of sp³-hybridized carbons (Fsp3) is 0.533. The maximum atomic E-state index is 13.0. The molecule has 0 saturated carbocycles. The SMILES string of the molecule is COC1CC(CC(=O)O)N(C(=O)C2=CC=CN3CCS(=O)(=O)N=C23)C1. The summed E-state index contributed by atoms with van der Waals surface area (Å²) >= 11 is 0. The van der Waals surface area contributed by atoms with E-state index < -0.39 is 27.9 Å². The molecule has 3 aliphatic heterocycles. The van der Waals surface area contributed by atoms with E-state index in [0.717, 1.165) is 0 Å². The number of carbonyl (C=O) groups excluding carboxylic acids is 1. The molecule has 3 aliphatic rings. The molecular formula is C15H19N3O6S. The summed E-state index contributed by atoms with van der Waals surface area (Å²) in [5.41, 5.74) is 0.151. The Morgan fingerprint density at radius 1 is 1.44 bits per heavy atom. The number of allylic oxidation sites excluding steroid dienone is 2. The number of carboxylic acids is 1. The molecule has 0 bridgehead atoms. The average molecular weight is 369 g/mol. The first kappa shape index (κ1) is 17.6. The molecule has 0 aromatic carbocycles. The van der Waals surface area contributed by atoms with Crippen LogP contribution < -0.4 is 0 Å². The van der Waals surface area contributed by atoms with Crippen molar-refractivity contribution in [1.29, 1.82) is 0 Å². The van der Waals surface area contributed by atoms with Gasteiger partial charge in [0.25, 0.3) is 15.9 Å². The molecule has 25 heavy (non-hydrogen) atoms. The van der Waals surface area contributed by atoms with Crippen molar-refractivity contribution in [1.82, 2.24) is 9.80 Å². The molecule has 2 unspecified atom stereocenters. The summed E-state index contributed by atoms with van der Waals surface area (Å²) in [6.07, 6.45) is 4.81. The lowest BCUT2D eigenvalue weighted by Gasteiger charge is -2.31. The highest BCUT2D eigenvalue weighted by Gasteiger charge is 2.40. The maximum Gasteiger partial charge on any atom is 0.305 e. The summed E-state index contributed by atoms with van der Waals surface area (Å²) in [4.78, 5) is 27.1. The van der Waals surface area contributed by atoms with Crippen LogP contribution in [-0.2, 0) is 24.3 Å². The molecule has 136 valence electrons. The Morgan fingerprint density at radius 3 is 2.88 bits per heavy atom. The topological polar surface area (TPSA) is 117 Å². The number of carbonyl (C=O) groups is 2. The zero-order chi connectivity index (χ0) is 18.2. The van der Waals surface area contributed by atoms with E-state index in [1.54, 1.807) is 17.2 Å². The van der Waals surface area contributed by atoms with Gasteiger partial charge in [-0.1, -0.05) is 0 Å². The van der Waals surface area contributed by atoms with Crippen LogP contribution in [0.15, 0.2) is 28.3 Å². The molecule has 3 rings (SSSR count). The molecule has 1 saturated heterocycles. The van der Waals surface area contributed by atoms with Gasteiger partial charge < -0.3 is 19.6 Å². The summed E-state index contributed by atoms with van der Waals surface area (Å²) in [6, 6.07) is -0.504. The fourth-order valence-corrected chi connectivity index (χ4v) is 4.21. The quantitative estimate of drug-likeness (QED) is 0.715. The second-order valence-electron chi connectivity index (χ2n) is 6.12. The molecule has 1 N–H and O–H groups in total. The number of sulfonamides is 1. The molecule has 0 spiro atoms. The van der Waals surface area contributed by atoms with Crippen molar-refractivity contribution in [3.05, 3.63) is 23.9 Å². The van der Waals surface area contributed by atoms with Gasteiger partial charge in [0.15, 0.2) is 5.84 Å². The molecule has 0 aliphatic carbocycles. The molecule has 0 aromatic heterocycles. The number of aliphatic carboxylic acids is 1. The molecule has 3 heterocycles. The second-order valence-corrected chi connectivity index (χ2v) is 7.87. The lowest BCUT2D eigenvalue weighted by Crippen LogP contribution is -2.45. The summed E-state index contributed by atoms with van der Waals surface area (Å²) in [5, 5.41) is 9.08. The summed E-state index contributed by atoms with van der Waals surface area (Å²) < 4.78 is 32.6. The van der Waals surface area contributed by atoms with E-state index in [4.69, 9.17) is 9.84 Å². The van der Waals surface area contributed by atoms with Crippen LogP contribution in [0.25, 0.3) is 0 Å². The fourth-order valence-electron chi connectivity index (χ4n) is 3.23. The van der Waals surface area contributed by atoms with E-state index in [-0.39, 0.29) is 42.8 Å². The predicted molar refractivity (Wildman–Crippen MR) is 88.3 cm³/mol. The van der Waals surface area contributed by atoms with Gasteiger partial charge in [-0.25, -0.2) is 8.42 Å². The number of methoxy groups -OCH3 is 1.